The molecule has 1 N–H and O–H groups in total. The number of amides is 1. The smallest absolute Gasteiger partial charge is 0.271 e. The Bertz CT molecular complexity index is 760. The molecule has 0 aliphatic carbocycles. The van der Waals surface area contributed by atoms with Gasteiger partial charge in [0.1, 0.15) is 12.0 Å². The summed E-state index contributed by atoms with van der Waals surface area (Å²) in [6.45, 7) is 1.97. The van der Waals surface area contributed by atoms with Crippen LogP contribution in [0.15, 0.2) is 36.8 Å². The molecule has 1 aromatic carbocycles. The standard InChI is InChI=1S/C12H10N4O.C5H8N2/c1-14-12(17)11-7-16(8-15-11)10-4-2-9(6-13)3-5-10;6-5-7-3-1-2-4-7/h2-5,7-8H,1H3,(H,14,17);1-4H2. The Morgan fingerprint density at radius 2 is 1.88 bits per heavy atom. The van der Waals surface area contributed by atoms with Crippen molar-refractivity contribution >= 4 is 5.91 Å². The van der Waals surface area contributed by atoms with Gasteiger partial charge in [-0.2, -0.15) is 10.5 Å². The van der Waals surface area contributed by atoms with Gasteiger partial charge in [0, 0.05) is 32.0 Å². The van der Waals surface area contributed by atoms with E-state index in [2.05, 4.69) is 16.5 Å². The van der Waals surface area contributed by atoms with E-state index >= 15 is 0 Å². The zero-order chi connectivity index (χ0) is 17.4. The van der Waals surface area contributed by atoms with Gasteiger partial charge in [0.2, 0.25) is 0 Å². The van der Waals surface area contributed by atoms with E-state index in [0.29, 0.717) is 11.3 Å². The average molecular weight is 322 g/mol. The van der Waals surface area contributed by atoms with Gasteiger partial charge < -0.3 is 14.8 Å². The molecule has 1 saturated heterocycles. The molecule has 0 atom stereocenters. The third kappa shape index (κ3) is 4.34. The molecule has 1 aliphatic rings. The molecule has 1 aromatic heterocycles. The number of benzene rings is 1. The van der Waals surface area contributed by atoms with Crippen molar-refractivity contribution in [3.63, 3.8) is 0 Å². The average Bonchev–Trinajstić information content (AvgIpc) is 3.33. The van der Waals surface area contributed by atoms with E-state index in [1.54, 1.807) is 53.3 Å². The van der Waals surface area contributed by atoms with Crippen molar-refractivity contribution in [1.29, 1.82) is 10.5 Å². The van der Waals surface area contributed by atoms with Crippen LogP contribution in [-0.2, 0) is 0 Å². The molecule has 1 amide bonds. The molecular formula is C17H18N6O. The third-order valence-electron chi connectivity index (χ3n) is 3.58. The highest BCUT2D eigenvalue weighted by Crippen LogP contribution is 2.10. The van der Waals surface area contributed by atoms with E-state index < -0.39 is 0 Å². The van der Waals surface area contributed by atoms with Gasteiger partial charge in [0.05, 0.1) is 11.6 Å². The van der Waals surface area contributed by atoms with Gasteiger partial charge in [-0.3, -0.25) is 4.79 Å². The van der Waals surface area contributed by atoms with Gasteiger partial charge in [-0.05, 0) is 37.1 Å². The first kappa shape index (κ1) is 17.0. The van der Waals surface area contributed by atoms with Gasteiger partial charge in [-0.25, -0.2) is 4.98 Å². The van der Waals surface area contributed by atoms with E-state index in [0.717, 1.165) is 18.8 Å². The van der Waals surface area contributed by atoms with Crippen LogP contribution in [0.25, 0.3) is 5.69 Å². The zero-order valence-electron chi connectivity index (χ0n) is 13.4. The second kappa shape index (κ2) is 8.35. The number of carbonyl (C=O) groups excluding carboxylic acids is 1. The van der Waals surface area contributed by atoms with Gasteiger partial charge in [0.25, 0.3) is 5.91 Å². The second-order valence-electron chi connectivity index (χ2n) is 5.20. The molecular weight excluding hydrogens is 304 g/mol. The number of likely N-dealkylation sites (tertiary alicyclic amines) is 1. The SMILES string of the molecule is CNC(=O)c1cn(-c2ccc(C#N)cc2)cn1.N#CN1CCCC1. The molecule has 0 spiro atoms. The molecule has 1 aliphatic heterocycles. The van der Waals surface area contributed by atoms with Crippen LogP contribution >= 0.6 is 0 Å². The monoisotopic (exact) mass is 322 g/mol. The Morgan fingerprint density at radius 3 is 2.38 bits per heavy atom. The number of nitriles is 2. The number of nitrogens with one attached hydrogen (secondary N) is 1. The maximum absolute atomic E-state index is 11.3. The number of aromatic nitrogens is 2. The Hall–Kier alpha value is -3.32. The first-order chi connectivity index (χ1) is 11.7. The van der Waals surface area contributed by atoms with Gasteiger partial charge in [-0.1, -0.05) is 0 Å². The predicted molar refractivity (Wildman–Crippen MR) is 88.1 cm³/mol. The quantitative estimate of drug-likeness (QED) is 0.848. The van der Waals surface area contributed by atoms with Crippen LogP contribution in [0.5, 0.6) is 0 Å². The fourth-order valence-corrected chi connectivity index (χ4v) is 2.23. The Balaban J connectivity index is 0.000000249. The van der Waals surface area contributed by atoms with Crippen molar-refractivity contribution in [2.75, 3.05) is 20.1 Å². The summed E-state index contributed by atoms with van der Waals surface area (Å²) >= 11 is 0. The lowest BCUT2D eigenvalue weighted by Gasteiger charge is -2.00. The highest BCUT2D eigenvalue weighted by Gasteiger charge is 2.07. The number of hydrogen-bond acceptors (Lipinski definition) is 5. The fraction of sp³-hybridized carbons (Fsp3) is 0.294. The van der Waals surface area contributed by atoms with Crippen molar-refractivity contribution in [1.82, 2.24) is 19.8 Å². The number of carbonyl (C=O) groups is 1. The van der Waals surface area contributed by atoms with Crippen LogP contribution in [0.3, 0.4) is 0 Å². The summed E-state index contributed by atoms with van der Waals surface area (Å²) in [7, 11) is 1.56. The summed E-state index contributed by atoms with van der Waals surface area (Å²) in [6, 6.07) is 9.08. The topological polar surface area (TPSA) is 97.7 Å². The van der Waals surface area contributed by atoms with Crippen LogP contribution in [0, 0.1) is 22.8 Å². The number of hydrogen-bond donors (Lipinski definition) is 1. The van der Waals surface area contributed by atoms with Gasteiger partial charge in [-0.15, -0.1) is 0 Å². The molecule has 2 aromatic rings. The number of rotatable bonds is 2. The molecule has 0 radical (unpaired) electrons. The van der Waals surface area contributed by atoms with Crippen molar-refractivity contribution < 1.29 is 4.79 Å². The molecule has 7 heteroatoms. The van der Waals surface area contributed by atoms with Crippen molar-refractivity contribution in [2.24, 2.45) is 0 Å². The highest BCUT2D eigenvalue weighted by molar-refractivity contribution is 5.91. The summed E-state index contributed by atoms with van der Waals surface area (Å²) in [5, 5.41) is 19.4. The first-order valence-corrected chi connectivity index (χ1v) is 7.59. The first-order valence-electron chi connectivity index (χ1n) is 7.59. The fourth-order valence-electron chi connectivity index (χ4n) is 2.23. The molecule has 7 nitrogen and oxygen atoms in total. The van der Waals surface area contributed by atoms with Crippen molar-refractivity contribution in [3.8, 4) is 17.9 Å². The molecule has 0 bridgehead atoms. The van der Waals surface area contributed by atoms with Crippen molar-refractivity contribution in [2.45, 2.75) is 12.8 Å². The molecule has 2 heterocycles. The third-order valence-corrected chi connectivity index (χ3v) is 3.58. The summed E-state index contributed by atoms with van der Waals surface area (Å²) in [5.74, 6) is -0.225. The normalized spacial score (nSPS) is 12.5. The molecule has 122 valence electrons. The van der Waals surface area contributed by atoms with E-state index in [9.17, 15) is 4.79 Å². The largest absolute Gasteiger partial charge is 0.354 e. The number of nitrogens with zero attached hydrogens (tertiary/aromatic N) is 5. The van der Waals surface area contributed by atoms with E-state index in [1.807, 2.05) is 6.07 Å². The highest BCUT2D eigenvalue weighted by atomic mass is 16.1. The molecule has 24 heavy (non-hydrogen) atoms. The van der Waals surface area contributed by atoms with Crippen LogP contribution in [-0.4, -0.2) is 40.5 Å². The van der Waals surface area contributed by atoms with Crippen LogP contribution in [0.2, 0.25) is 0 Å². The maximum Gasteiger partial charge on any atom is 0.271 e. The van der Waals surface area contributed by atoms with Crippen molar-refractivity contribution in [3.05, 3.63) is 48.0 Å². The molecule has 0 saturated carbocycles. The van der Waals surface area contributed by atoms with E-state index in [1.165, 1.54) is 12.8 Å². The van der Waals surface area contributed by atoms with Gasteiger partial charge >= 0.3 is 0 Å². The predicted octanol–water partition coefficient (Wildman–Crippen LogP) is 1.67. The summed E-state index contributed by atoms with van der Waals surface area (Å²) in [5.41, 5.74) is 1.81. The van der Waals surface area contributed by atoms with Crippen LogP contribution in [0.4, 0.5) is 0 Å². The van der Waals surface area contributed by atoms with E-state index in [4.69, 9.17) is 10.5 Å². The second-order valence-corrected chi connectivity index (χ2v) is 5.20. The molecule has 3 rings (SSSR count). The lowest BCUT2D eigenvalue weighted by Crippen LogP contribution is -2.17. The van der Waals surface area contributed by atoms with E-state index in [-0.39, 0.29) is 5.91 Å². The minimum absolute atomic E-state index is 0.225. The summed E-state index contributed by atoms with van der Waals surface area (Å²) < 4.78 is 1.73. The lowest BCUT2D eigenvalue weighted by atomic mass is 10.2. The summed E-state index contributed by atoms with van der Waals surface area (Å²) in [4.78, 5) is 17.1. The Labute approximate surface area is 140 Å². The van der Waals surface area contributed by atoms with Gasteiger partial charge in [0.15, 0.2) is 6.19 Å². The minimum Gasteiger partial charge on any atom is -0.354 e. The van der Waals surface area contributed by atoms with Crippen LogP contribution in [0.1, 0.15) is 28.9 Å². The minimum atomic E-state index is -0.225. The Kier molecular flexibility index (Phi) is 5.93. The Morgan fingerprint density at radius 1 is 1.21 bits per heavy atom. The molecule has 1 fully saturated rings. The summed E-state index contributed by atoms with van der Waals surface area (Å²) in [6.07, 6.45) is 7.70. The molecule has 0 unspecified atom stereocenters. The zero-order valence-corrected chi connectivity index (χ0v) is 13.4. The maximum atomic E-state index is 11.3. The number of imidazole rings is 1. The van der Waals surface area contributed by atoms with Crippen LogP contribution < -0.4 is 5.32 Å². The lowest BCUT2D eigenvalue weighted by molar-refractivity contribution is 0.0958.